The minimum atomic E-state index is 0. The average molecular weight is 270 g/mol. The van der Waals surface area contributed by atoms with Gasteiger partial charge in [-0.1, -0.05) is 0 Å². The number of hydrogen-bond donors (Lipinski definition) is 1. The lowest BCUT2D eigenvalue weighted by Crippen LogP contribution is -2.30. The van der Waals surface area contributed by atoms with Gasteiger partial charge in [0.15, 0.2) is 0 Å². The Bertz CT molecular complexity index is 386. The van der Waals surface area contributed by atoms with E-state index in [4.69, 9.17) is 5.26 Å². The minimum absolute atomic E-state index is 0. The highest BCUT2D eigenvalue weighted by Crippen LogP contribution is 2.24. The van der Waals surface area contributed by atoms with E-state index in [1.54, 1.807) is 18.0 Å². The van der Waals surface area contributed by atoms with E-state index in [1.165, 1.54) is 12.8 Å². The van der Waals surface area contributed by atoms with Crippen LogP contribution < -0.4 is 5.32 Å². The highest BCUT2D eigenvalue weighted by molar-refractivity contribution is 7.99. The van der Waals surface area contributed by atoms with Crippen LogP contribution in [0.2, 0.25) is 0 Å². The van der Waals surface area contributed by atoms with E-state index in [9.17, 15) is 0 Å². The molecule has 1 N–H and O–H groups in total. The molecule has 17 heavy (non-hydrogen) atoms. The van der Waals surface area contributed by atoms with Gasteiger partial charge in [-0.2, -0.15) is 5.26 Å². The molecule has 5 heteroatoms. The molecule has 1 aromatic heterocycles. The molecule has 1 atom stereocenters. The van der Waals surface area contributed by atoms with E-state index in [0.717, 1.165) is 23.9 Å². The lowest BCUT2D eigenvalue weighted by atomic mass is 10.0. The van der Waals surface area contributed by atoms with Crippen LogP contribution in [0.4, 0.5) is 0 Å². The number of halogens is 1. The molecule has 2 heterocycles. The third-order valence-corrected chi connectivity index (χ3v) is 3.98. The van der Waals surface area contributed by atoms with Crippen LogP contribution >= 0.6 is 24.2 Å². The number of pyridine rings is 1. The first-order valence-corrected chi connectivity index (χ1v) is 6.57. The summed E-state index contributed by atoms with van der Waals surface area (Å²) >= 11 is 1.70. The Labute approximate surface area is 112 Å². The van der Waals surface area contributed by atoms with Gasteiger partial charge in [-0.3, -0.25) is 0 Å². The van der Waals surface area contributed by atoms with Crippen molar-refractivity contribution in [3.63, 3.8) is 0 Å². The van der Waals surface area contributed by atoms with E-state index in [2.05, 4.69) is 16.4 Å². The topological polar surface area (TPSA) is 48.7 Å². The van der Waals surface area contributed by atoms with Crippen molar-refractivity contribution in [2.45, 2.75) is 17.9 Å². The molecule has 1 aliphatic rings. The first-order valence-electron chi connectivity index (χ1n) is 5.59. The Balaban J connectivity index is 0.00000144. The number of hydrogen-bond acceptors (Lipinski definition) is 4. The van der Waals surface area contributed by atoms with Gasteiger partial charge in [0.25, 0.3) is 0 Å². The number of rotatable bonds is 3. The lowest BCUT2D eigenvalue weighted by Gasteiger charge is -2.22. The molecule has 0 aliphatic carbocycles. The van der Waals surface area contributed by atoms with Gasteiger partial charge in [-0.05, 0) is 44.0 Å². The van der Waals surface area contributed by atoms with E-state index in [1.807, 2.05) is 12.1 Å². The van der Waals surface area contributed by atoms with Gasteiger partial charge in [0.2, 0.25) is 0 Å². The smallest absolute Gasteiger partial charge is 0.114 e. The Hall–Kier alpha value is -0.760. The normalized spacial score (nSPS) is 19.1. The molecule has 0 amide bonds. The van der Waals surface area contributed by atoms with Crippen molar-refractivity contribution in [1.82, 2.24) is 10.3 Å². The number of nitriles is 1. The molecule has 0 aromatic carbocycles. The van der Waals surface area contributed by atoms with Crippen LogP contribution in [0.15, 0.2) is 23.4 Å². The monoisotopic (exact) mass is 269 g/mol. The average Bonchev–Trinajstić information content (AvgIpc) is 2.38. The van der Waals surface area contributed by atoms with Crippen LogP contribution in [0.25, 0.3) is 0 Å². The van der Waals surface area contributed by atoms with Gasteiger partial charge in [-0.15, -0.1) is 24.2 Å². The predicted molar refractivity (Wildman–Crippen MR) is 72.5 cm³/mol. The Morgan fingerprint density at radius 2 is 2.47 bits per heavy atom. The van der Waals surface area contributed by atoms with Gasteiger partial charge in [0, 0.05) is 11.9 Å². The second-order valence-corrected chi connectivity index (χ2v) is 5.00. The molecule has 2 rings (SSSR count). The van der Waals surface area contributed by atoms with Crippen molar-refractivity contribution >= 4 is 24.2 Å². The fourth-order valence-corrected chi connectivity index (χ4v) is 2.94. The number of aromatic nitrogens is 1. The molecule has 1 fully saturated rings. The van der Waals surface area contributed by atoms with Crippen molar-refractivity contribution in [3.8, 4) is 6.07 Å². The summed E-state index contributed by atoms with van der Waals surface area (Å²) in [6.45, 7) is 2.25. The molecular formula is C12H16ClN3S. The SMILES string of the molecule is Cl.N#Cc1cccnc1SCC1CCCNC1. The van der Waals surface area contributed by atoms with E-state index >= 15 is 0 Å². The molecule has 0 radical (unpaired) electrons. The van der Waals surface area contributed by atoms with E-state index in [-0.39, 0.29) is 12.4 Å². The van der Waals surface area contributed by atoms with Crippen molar-refractivity contribution in [2.24, 2.45) is 5.92 Å². The second-order valence-electron chi connectivity index (χ2n) is 3.99. The molecule has 1 aliphatic heterocycles. The number of thioether (sulfide) groups is 1. The van der Waals surface area contributed by atoms with E-state index in [0.29, 0.717) is 11.5 Å². The molecule has 3 nitrogen and oxygen atoms in total. The summed E-state index contributed by atoms with van der Waals surface area (Å²) in [6.07, 6.45) is 4.30. The summed E-state index contributed by atoms with van der Waals surface area (Å²) in [5, 5.41) is 13.2. The molecule has 1 unspecified atom stereocenters. The maximum absolute atomic E-state index is 8.94. The fourth-order valence-electron chi connectivity index (χ4n) is 1.85. The Morgan fingerprint density at radius 3 is 3.18 bits per heavy atom. The zero-order valence-corrected chi connectivity index (χ0v) is 11.2. The quantitative estimate of drug-likeness (QED) is 0.857. The standard InChI is InChI=1S/C12H15N3S.ClH/c13-7-11-4-2-6-15-12(11)16-9-10-3-1-5-14-8-10;/h2,4,6,10,14H,1,3,5,8-9H2;1H. The number of piperidine rings is 1. The highest BCUT2D eigenvalue weighted by atomic mass is 35.5. The van der Waals surface area contributed by atoms with Crippen LogP contribution in [-0.2, 0) is 0 Å². The Morgan fingerprint density at radius 1 is 1.59 bits per heavy atom. The van der Waals surface area contributed by atoms with Gasteiger partial charge < -0.3 is 5.32 Å². The van der Waals surface area contributed by atoms with Crippen molar-refractivity contribution in [3.05, 3.63) is 23.9 Å². The van der Waals surface area contributed by atoms with Crippen molar-refractivity contribution in [1.29, 1.82) is 5.26 Å². The molecule has 1 saturated heterocycles. The highest BCUT2D eigenvalue weighted by Gasteiger charge is 2.14. The second kappa shape index (κ2) is 7.54. The van der Waals surface area contributed by atoms with Crippen LogP contribution in [-0.4, -0.2) is 23.8 Å². The summed E-state index contributed by atoms with van der Waals surface area (Å²) in [7, 11) is 0. The third kappa shape index (κ3) is 4.19. The van der Waals surface area contributed by atoms with Crippen LogP contribution in [0.1, 0.15) is 18.4 Å². The summed E-state index contributed by atoms with van der Waals surface area (Å²) in [6, 6.07) is 5.82. The molecule has 92 valence electrons. The molecule has 0 bridgehead atoms. The van der Waals surface area contributed by atoms with Gasteiger partial charge in [0.1, 0.15) is 11.1 Å². The molecular weight excluding hydrogens is 254 g/mol. The largest absolute Gasteiger partial charge is 0.316 e. The summed E-state index contributed by atoms with van der Waals surface area (Å²) in [5.74, 6) is 1.77. The fraction of sp³-hybridized carbons (Fsp3) is 0.500. The molecule has 1 aromatic rings. The number of nitrogens with zero attached hydrogens (tertiary/aromatic N) is 2. The first kappa shape index (κ1) is 14.3. The van der Waals surface area contributed by atoms with Crippen LogP contribution in [0, 0.1) is 17.2 Å². The zero-order valence-electron chi connectivity index (χ0n) is 9.56. The Kier molecular flexibility index (Phi) is 6.35. The first-order chi connectivity index (χ1) is 7.90. The summed E-state index contributed by atoms with van der Waals surface area (Å²) < 4.78 is 0. The lowest BCUT2D eigenvalue weighted by molar-refractivity contribution is 0.410. The van der Waals surface area contributed by atoms with E-state index < -0.39 is 0 Å². The maximum Gasteiger partial charge on any atom is 0.114 e. The van der Waals surface area contributed by atoms with Crippen molar-refractivity contribution in [2.75, 3.05) is 18.8 Å². The van der Waals surface area contributed by atoms with Gasteiger partial charge >= 0.3 is 0 Å². The van der Waals surface area contributed by atoms with Crippen LogP contribution in [0.3, 0.4) is 0 Å². The summed E-state index contributed by atoms with van der Waals surface area (Å²) in [4.78, 5) is 4.25. The number of nitrogens with one attached hydrogen (secondary N) is 1. The van der Waals surface area contributed by atoms with Gasteiger partial charge in [0.05, 0.1) is 5.56 Å². The molecule has 0 saturated carbocycles. The third-order valence-electron chi connectivity index (χ3n) is 2.75. The maximum atomic E-state index is 8.94. The van der Waals surface area contributed by atoms with Crippen molar-refractivity contribution < 1.29 is 0 Å². The zero-order chi connectivity index (χ0) is 11.2. The summed E-state index contributed by atoms with van der Waals surface area (Å²) in [5.41, 5.74) is 0.691. The predicted octanol–water partition coefficient (Wildman–Crippen LogP) is 2.47. The molecule has 0 spiro atoms. The van der Waals surface area contributed by atoms with Crippen LogP contribution in [0.5, 0.6) is 0 Å². The van der Waals surface area contributed by atoms with Gasteiger partial charge in [-0.25, -0.2) is 4.98 Å². The minimum Gasteiger partial charge on any atom is -0.316 e.